The first-order valence-corrected chi connectivity index (χ1v) is 13.1. The van der Waals surface area contributed by atoms with E-state index in [1.807, 2.05) is 27.0 Å². The lowest BCUT2D eigenvalue weighted by atomic mass is 9.94. The van der Waals surface area contributed by atoms with Crippen LogP contribution in [0.5, 0.6) is 0 Å². The van der Waals surface area contributed by atoms with E-state index in [1.54, 1.807) is 20.8 Å². The second-order valence-electron chi connectivity index (χ2n) is 9.41. The molecule has 0 saturated carbocycles. The van der Waals surface area contributed by atoms with E-state index in [0.29, 0.717) is 18.9 Å². The van der Waals surface area contributed by atoms with Gasteiger partial charge < -0.3 is 15.4 Å². The number of hydrogen-bond acceptors (Lipinski definition) is 6. The average molecular weight is 537 g/mol. The molecule has 0 bridgehead atoms. The molecule has 4 rings (SSSR count). The highest BCUT2D eigenvalue weighted by Crippen LogP contribution is 2.37. The molecule has 1 unspecified atom stereocenters. The summed E-state index contributed by atoms with van der Waals surface area (Å²) in [6.07, 6.45) is 4.60. The fraction of sp³-hybridized carbons (Fsp3) is 0.542. The standard InChI is InChI=1S/C21H26BrN5O2S.C3H8/c1-12-8-14(11-30-12)15-9-24-27-18(23)16(22)17(25-19(15)27)13-6-5-7-26(10-13)20(28)29-21(2,3)4;1-3-2/h8-9,11,13H,5-7,10,23H2,1-4H3;3H2,1-2H3. The number of likely N-dealkylation sites (tertiary alicyclic amines) is 1. The van der Waals surface area contributed by atoms with Gasteiger partial charge in [-0.15, -0.1) is 11.3 Å². The van der Waals surface area contributed by atoms with Gasteiger partial charge in [0, 0.05) is 29.4 Å². The second kappa shape index (κ2) is 10.4. The first-order chi connectivity index (χ1) is 15.6. The molecule has 9 heteroatoms. The number of amides is 1. The van der Waals surface area contributed by atoms with Crippen LogP contribution in [-0.2, 0) is 4.74 Å². The molecule has 0 spiro atoms. The van der Waals surface area contributed by atoms with Gasteiger partial charge in [0.1, 0.15) is 11.4 Å². The zero-order chi connectivity index (χ0) is 24.3. The lowest BCUT2D eigenvalue weighted by Gasteiger charge is -2.34. The predicted molar refractivity (Wildman–Crippen MR) is 139 cm³/mol. The summed E-state index contributed by atoms with van der Waals surface area (Å²) in [4.78, 5) is 20.6. The summed E-state index contributed by atoms with van der Waals surface area (Å²) in [7, 11) is 0. The van der Waals surface area contributed by atoms with Crippen molar-refractivity contribution in [3.63, 3.8) is 0 Å². The van der Waals surface area contributed by atoms with Crippen molar-refractivity contribution in [2.75, 3.05) is 18.8 Å². The van der Waals surface area contributed by atoms with Crippen LogP contribution in [0, 0.1) is 6.92 Å². The van der Waals surface area contributed by atoms with Crippen LogP contribution in [0.4, 0.5) is 10.6 Å². The van der Waals surface area contributed by atoms with E-state index in [1.165, 1.54) is 11.3 Å². The quantitative estimate of drug-likeness (QED) is 0.397. The summed E-state index contributed by atoms with van der Waals surface area (Å²) < 4.78 is 7.98. The number of thiophene rings is 1. The molecule has 1 fully saturated rings. The number of fused-ring (bicyclic) bond motifs is 1. The Kier molecular flexibility index (Phi) is 8.05. The summed E-state index contributed by atoms with van der Waals surface area (Å²) in [5.74, 6) is 0.586. The highest BCUT2D eigenvalue weighted by Gasteiger charge is 2.31. The topological polar surface area (TPSA) is 85.8 Å². The van der Waals surface area contributed by atoms with Crippen LogP contribution in [0.15, 0.2) is 22.1 Å². The van der Waals surface area contributed by atoms with Gasteiger partial charge in [-0.1, -0.05) is 20.3 Å². The number of hydrogen-bond donors (Lipinski definition) is 1. The Balaban J connectivity index is 0.000000968. The third-order valence-electron chi connectivity index (χ3n) is 5.15. The Morgan fingerprint density at radius 3 is 2.67 bits per heavy atom. The number of anilines is 1. The molecule has 1 aliphatic heterocycles. The lowest BCUT2D eigenvalue weighted by Crippen LogP contribution is -2.42. The molecule has 0 aromatic carbocycles. The van der Waals surface area contributed by atoms with Crippen LogP contribution in [0.2, 0.25) is 0 Å². The van der Waals surface area contributed by atoms with E-state index in [4.69, 9.17) is 15.5 Å². The number of ether oxygens (including phenoxy) is 1. The highest BCUT2D eigenvalue weighted by molar-refractivity contribution is 9.10. The molecule has 1 atom stereocenters. The monoisotopic (exact) mass is 535 g/mol. The normalized spacial score (nSPS) is 16.5. The molecule has 33 heavy (non-hydrogen) atoms. The number of carbonyl (C=O) groups is 1. The molecular formula is C24H34BrN5O2S. The van der Waals surface area contributed by atoms with Crippen molar-refractivity contribution in [2.24, 2.45) is 0 Å². The van der Waals surface area contributed by atoms with Crippen LogP contribution >= 0.6 is 27.3 Å². The SMILES string of the molecule is CCC.Cc1cc(-c2cnn3c(N)c(Br)c(C4CCCN(C(=O)OC(C)(C)C)C4)nc23)cs1. The number of aromatic nitrogens is 3. The van der Waals surface area contributed by atoms with Crippen molar-refractivity contribution in [1.82, 2.24) is 19.5 Å². The number of nitrogens with zero attached hydrogens (tertiary/aromatic N) is 4. The molecule has 1 amide bonds. The van der Waals surface area contributed by atoms with Gasteiger partial charge in [0.05, 0.1) is 16.4 Å². The van der Waals surface area contributed by atoms with Gasteiger partial charge >= 0.3 is 6.09 Å². The summed E-state index contributed by atoms with van der Waals surface area (Å²) in [6.45, 7) is 13.2. The van der Waals surface area contributed by atoms with Gasteiger partial charge in [0.15, 0.2) is 5.65 Å². The van der Waals surface area contributed by atoms with Crippen molar-refractivity contribution in [3.8, 4) is 11.1 Å². The Bertz CT molecular complexity index is 1120. The van der Waals surface area contributed by atoms with Crippen LogP contribution in [-0.4, -0.2) is 44.3 Å². The molecular weight excluding hydrogens is 502 g/mol. The summed E-state index contributed by atoms with van der Waals surface area (Å²) >= 11 is 5.33. The minimum Gasteiger partial charge on any atom is -0.444 e. The first kappa shape index (κ1) is 25.5. The molecule has 3 aromatic rings. The third kappa shape index (κ3) is 5.87. The van der Waals surface area contributed by atoms with Crippen molar-refractivity contribution >= 4 is 44.8 Å². The maximum atomic E-state index is 12.6. The molecule has 4 heterocycles. The fourth-order valence-electron chi connectivity index (χ4n) is 3.76. The zero-order valence-electron chi connectivity index (χ0n) is 20.3. The molecule has 180 valence electrons. The lowest BCUT2D eigenvalue weighted by molar-refractivity contribution is 0.0197. The minimum atomic E-state index is -0.517. The number of aryl methyl sites for hydroxylation is 1. The van der Waals surface area contributed by atoms with Gasteiger partial charge in [-0.05, 0) is 73.5 Å². The molecule has 1 saturated heterocycles. The molecule has 0 aliphatic carbocycles. The van der Waals surface area contributed by atoms with Gasteiger partial charge in [-0.2, -0.15) is 9.61 Å². The zero-order valence-corrected chi connectivity index (χ0v) is 22.7. The number of nitrogen functional groups attached to an aromatic ring is 1. The van der Waals surface area contributed by atoms with E-state index in [2.05, 4.69) is 53.2 Å². The summed E-state index contributed by atoms with van der Waals surface area (Å²) in [6, 6.07) is 2.13. The molecule has 3 aromatic heterocycles. The van der Waals surface area contributed by atoms with Crippen molar-refractivity contribution in [2.45, 2.75) is 72.3 Å². The maximum absolute atomic E-state index is 12.6. The van der Waals surface area contributed by atoms with Crippen molar-refractivity contribution in [1.29, 1.82) is 0 Å². The third-order valence-corrected chi connectivity index (χ3v) is 6.82. The fourth-order valence-corrected chi connectivity index (χ4v) is 5.05. The number of rotatable bonds is 2. The van der Waals surface area contributed by atoms with Crippen molar-refractivity contribution in [3.05, 3.63) is 32.7 Å². The molecule has 7 nitrogen and oxygen atoms in total. The number of piperidine rings is 1. The average Bonchev–Trinajstić information content (AvgIpc) is 3.36. The van der Waals surface area contributed by atoms with Crippen LogP contribution in [0.3, 0.4) is 0 Å². The molecule has 1 aliphatic rings. The predicted octanol–water partition coefficient (Wildman–Crippen LogP) is 6.64. The summed E-state index contributed by atoms with van der Waals surface area (Å²) in [5.41, 5.74) is 9.54. The minimum absolute atomic E-state index is 0.0694. The Morgan fingerprint density at radius 1 is 1.36 bits per heavy atom. The first-order valence-electron chi connectivity index (χ1n) is 11.4. The van der Waals surface area contributed by atoms with Crippen molar-refractivity contribution < 1.29 is 9.53 Å². The number of halogens is 1. The van der Waals surface area contributed by atoms with Gasteiger partial charge in [0.2, 0.25) is 0 Å². The van der Waals surface area contributed by atoms with Crippen LogP contribution in [0.1, 0.15) is 70.4 Å². The van der Waals surface area contributed by atoms with E-state index in [0.717, 1.165) is 39.8 Å². The Morgan fingerprint density at radius 2 is 2.06 bits per heavy atom. The van der Waals surface area contributed by atoms with Gasteiger partial charge in [-0.3, -0.25) is 0 Å². The van der Waals surface area contributed by atoms with E-state index in [-0.39, 0.29) is 12.0 Å². The largest absolute Gasteiger partial charge is 0.444 e. The Hall–Kier alpha value is -2.13. The van der Waals surface area contributed by atoms with Crippen LogP contribution in [0.25, 0.3) is 16.8 Å². The van der Waals surface area contributed by atoms with E-state index < -0.39 is 5.60 Å². The molecule has 0 radical (unpaired) electrons. The van der Waals surface area contributed by atoms with E-state index in [9.17, 15) is 4.79 Å². The number of carbonyl (C=O) groups excluding carboxylic acids is 1. The summed E-state index contributed by atoms with van der Waals surface area (Å²) in [5, 5.41) is 6.56. The second-order valence-corrected chi connectivity index (χ2v) is 11.3. The van der Waals surface area contributed by atoms with E-state index >= 15 is 0 Å². The van der Waals surface area contributed by atoms with Gasteiger partial charge in [-0.25, -0.2) is 9.78 Å². The maximum Gasteiger partial charge on any atom is 0.410 e. The number of nitrogens with two attached hydrogens (primary N) is 1. The Labute approximate surface area is 208 Å². The highest BCUT2D eigenvalue weighted by atomic mass is 79.9. The van der Waals surface area contributed by atoms with Crippen LogP contribution < -0.4 is 5.73 Å². The smallest absolute Gasteiger partial charge is 0.410 e. The van der Waals surface area contributed by atoms with Gasteiger partial charge in [0.25, 0.3) is 0 Å². The molecule has 2 N–H and O–H groups in total.